The van der Waals surface area contributed by atoms with Gasteiger partial charge in [-0.25, -0.2) is 0 Å². The van der Waals surface area contributed by atoms with Gasteiger partial charge >= 0.3 is 12.1 Å². The maximum absolute atomic E-state index is 11.6. The highest BCUT2D eigenvalue weighted by molar-refractivity contribution is 5.81. The molecule has 0 rings (SSSR count). The van der Waals surface area contributed by atoms with Crippen molar-refractivity contribution in [1.29, 1.82) is 0 Å². The van der Waals surface area contributed by atoms with Crippen LogP contribution in [0.15, 0.2) is 0 Å². The number of amides is 1. The third-order valence-corrected chi connectivity index (χ3v) is 1.38. The van der Waals surface area contributed by atoms with E-state index in [1.54, 1.807) is 5.32 Å². The Kier molecular flexibility index (Phi) is 5.47. The van der Waals surface area contributed by atoms with E-state index < -0.39 is 18.2 Å². The number of aliphatic hydroxyl groups excluding tert-OH is 1. The van der Waals surface area contributed by atoms with Crippen molar-refractivity contribution in [2.75, 3.05) is 20.3 Å². The van der Waals surface area contributed by atoms with Gasteiger partial charge in [0.15, 0.2) is 0 Å². The molecule has 2 N–H and O–H groups in total. The van der Waals surface area contributed by atoms with Crippen LogP contribution < -0.4 is 5.32 Å². The van der Waals surface area contributed by atoms with Gasteiger partial charge in [0.25, 0.3) is 0 Å². The van der Waals surface area contributed by atoms with Gasteiger partial charge in [-0.1, -0.05) is 0 Å². The van der Waals surface area contributed by atoms with Crippen molar-refractivity contribution in [1.82, 2.24) is 5.32 Å². The second kappa shape index (κ2) is 5.82. The van der Waals surface area contributed by atoms with E-state index in [1.165, 1.54) is 7.11 Å². The molecule has 1 atom stereocenters. The van der Waals surface area contributed by atoms with Crippen molar-refractivity contribution in [3.63, 3.8) is 0 Å². The van der Waals surface area contributed by atoms with Crippen LogP contribution in [0, 0.1) is 0 Å². The second-order valence-electron chi connectivity index (χ2n) is 2.65. The summed E-state index contributed by atoms with van der Waals surface area (Å²) < 4.78 is 39.4. The molecule has 0 aliphatic carbocycles. The number of carbonyl (C=O) groups excluding carboxylic acids is 1. The third-order valence-electron chi connectivity index (χ3n) is 1.38. The molecule has 0 aliphatic rings. The molecule has 4 nitrogen and oxygen atoms in total. The lowest BCUT2D eigenvalue weighted by Crippen LogP contribution is -2.38. The quantitative estimate of drug-likeness (QED) is 0.682. The van der Waals surface area contributed by atoms with Gasteiger partial charge in [-0.3, -0.25) is 4.79 Å². The summed E-state index contributed by atoms with van der Waals surface area (Å²) in [5.74, 6) is -2.00. The molecule has 84 valence electrons. The van der Waals surface area contributed by atoms with Crippen LogP contribution in [0.1, 0.15) is 6.42 Å². The molecule has 0 aromatic heterocycles. The van der Waals surface area contributed by atoms with Crippen LogP contribution in [-0.4, -0.2) is 43.6 Å². The minimum Gasteiger partial charge on any atom is -0.391 e. The van der Waals surface area contributed by atoms with Gasteiger partial charge in [-0.15, -0.1) is 0 Å². The monoisotopic (exact) mass is 215 g/mol. The second-order valence-corrected chi connectivity index (χ2v) is 2.65. The van der Waals surface area contributed by atoms with Gasteiger partial charge in [0.05, 0.1) is 12.7 Å². The standard InChI is InChI=1S/C7H12F3NO3/c1-14-4-5(12)2-3-11-6(13)7(8,9)10/h5,12H,2-4H2,1H3,(H,11,13). The molecule has 0 bridgehead atoms. The lowest BCUT2D eigenvalue weighted by atomic mass is 10.2. The zero-order valence-corrected chi connectivity index (χ0v) is 7.60. The van der Waals surface area contributed by atoms with Crippen molar-refractivity contribution >= 4 is 5.91 Å². The third kappa shape index (κ3) is 5.76. The van der Waals surface area contributed by atoms with Gasteiger partial charge in [0.1, 0.15) is 0 Å². The molecule has 0 spiro atoms. The lowest BCUT2D eigenvalue weighted by Gasteiger charge is -2.11. The molecular formula is C7H12F3NO3. The van der Waals surface area contributed by atoms with Crippen LogP contribution in [0.3, 0.4) is 0 Å². The van der Waals surface area contributed by atoms with Gasteiger partial charge < -0.3 is 15.2 Å². The number of methoxy groups -OCH3 is 1. The average Bonchev–Trinajstić information content (AvgIpc) is 2.02. The summed E-state index contributed by atoms with van der Waals surface area (Å²) in [6.07, 6.45) is -5.71. The predicted octanol–water partition coefficient (Wildman–Crippen LogP) is 0.0623. The molecule has 1 amide bonds. The summed E-state index contributed by atoms with van der Waals surface area (Å²) in [4.78, 5) is 10.3. The molecule has 1 unspecified atom stereocenters. The Morgan fingerprint density at radius 2 is 2.14 bits per heavy atom. The molecule has 0 saturated heterocycles. The van der Waals surface area contributed by atoms with E-state index in [4.69, 9.17) is 5.11 Å². The number of alkyl halides is 3. The molecular weight excluding hydrogens is 203 g/mol. The Morgan fingerprint density at radius 1 is 1.57 bits per heavy atom. The van der Waals surface area contributed by atoms with E-state index in [2.05, 4.69) is 4.74 Å². The first-order valence-electron chi connectivity index (χ1n) is 3.90. The highest BCUT2D eigenvalue weighted by Gasteiger charge is 2.38. The number of aliphatic hydroxyl groups is 1. The number of ether oxygens (including phenoxy) is 1. The predicted molar refractivity (Wildman–Crippen MR) is 41.6 cm³/mol. The fourth-order valence-electron chi connectivity index (χ4n) is 0.728. The number of hydrogen-bond acceptors (Lipinski definition) is 3. The van der Waals surface area contributed by atoms with E-state index in [-0.39, 0.29) is 19.6 Å². The minimum atomic E-state index is -4.87. The number of nitrogens with one attached hydrogen (secondary N) is 1. The highest BCUT2D eigenvalue weighted by Crippen LogP contribution is 2.13. The zero-order chi connectivity index (χ0) is 11.2. The largest absolute Gasteiger partial charge is 0.471 e. The zero-order valence-electron chi connectivity index (χ0n) is 7.60. The first kappa shape index (κ1) is 13.2. The summed E-state index contributed by atoms with van der Waals surface area (Å²) in [7, 11) is 1.36. The molecule has 0 aromatic rings. The average molecular weight is 215 g/mol. The normalized spacial score (nSPS) is 13.8. The Bertz CT molecular complexity index is 184. The fraction of sp³-hybridized carbons (Fsp3) is 0.857. The van der Waals surface area contributed by atoms with E-state index in [0.717, 1.165) is 0 Å². The minimum absolute atomic E-state index is 0.0235. The summed E-state index contributed by atoms with van der Waals surface area (Å²) in [6, 6.07) is 0. The van der Waals surface area contributed by atoms with Gasteiger partial charge in [-0.2, -0.15) is 13.2 Å². The van der Waals surface area contributed by atoms with Crippen LogP contribution in [0.5, 0.6) is 0 Å². The molecule has 7 heteroatoms. The Balaban J connectivity index is 3.59. The van der Waals surface area contributed by atoms with Gasteiger partial charge in [0, 0.05) is 13.7 Å². The smallest absolute Gasteiger partial charge is 0.391 e. The van der Waals surface area contributed by atoms with Crippen molar-refractivity contribution in [3.8, 4) is 0 Å². The fourth-order valence-corrected chi connectivity index (χ4v) is 0.728. The van der Waals surface area contributed by atoms with E-state index in [0.29, 0.717) is 0 Å². The number of halogens is 3. The van der Waals surface area contributed by atoms with Crippen LogP contribution in [0.4, 0.5) is 13.2 Å². The van der Waals surface area contributed by atoms with E-state index in [9.17, 15) is 18.0 Å². The number of hydrogen-bond donors (Lipinski definition) is 2. The SMILES string of the molecule is COCC(O)CCNC(=O)C(F)(F)F. The topological polar surface area (TPSA) is 58.6 Å². The summed E-state index contributed by atoms with van der Waals surface area (Å²) in [6.45, 7) is -0.204. The lowest BCUT2D eigenvalue weighted by molar-refractivity contribution is -0.173. The van der Waals surface area contributed by atoms with Gasteiger partial charge in [0.2, 0.25) is 0 Å². The maximum Gasteiger partial charge on any atom is 0.471 e. The van der Waals surface area contributed by atoms with Crippen LogP contribution in [0.2, 0.25) is 0 Å². The van der Waals surface area contributed by atoms with E-state index >= 15 is 0 Å². The highest BCUT2D eigenvalue weighted by atomic mass is 19.4. The Labute approximate surface area is 79.0 Å². The number of rotatable bonds is 5. The Morgan fingerprint density at radius 3 is 2.57 bits per heavy atom. The Hall–Kier alpha value is -0.820. The number of carbonyl (C=O) groups is 1. The van der Waals surface area contributed by atoms with Crippen molar-refractivity contribution in [3.05, 3.63) is 0 Å². The molecule has 0 saturated carbocycles. The summed E-state index contributed by atoms with van der Waals surface area (Å²) >= 11 is 0. The van der Waals surface area contributed by atoms with Crippen molar-refractivity contribution in [2.45, 2.75) is 18.7 Å². The van der Waals surface area contributed by atoms with Crippen LogP contribution >= 0.6 is 0 Å². The van der Waals surface area contributed by atoms with Crippen molar-refractivity contribution < 1.29 is 27.8 Å². The summed E-state index contributed by atoms with van der Waals surface area (Å²) in [5, 5.41) is 10.6. The summed E-state index contributed by atoms with van der Waals surface area (Å²) in [5.41, 5.74) is 0. The maximum atomic E-state index is 11.6. The molecule has 0 aromatic carbocycles. The molecule has 0 aliphatic heterocycles. The first-order valence-corrected chi connectivity index (χ1v) is 3.90. The molecule has 0 fully saturated rings. The first-order chi connectivity index (χ1) is 6.38. The molecule has 0 radical (unpaired) electrons. The molecule has 14 heavy (non-hydrogen) atoms. The van der Waals surface area contributed by atoms with Crippen LogP contribution in [-0.2, 0) is 9.53 Å². The van der Waals surface area contributed by atoms with Crippen LogP contribution in [0.25, 0.3) is 0 Å². The van der Waals surface area contributed by atoms with Gasteiger partial charge in [-0.05, 0) is 6.42 Å². The molecule has 0 heterocycles. The van der Waals surface area contributed by atoms with Crippen molar-refractivity contribution in [2.24, 2.45) is 0 Å². The van der Waals surface area contributed by atoms with E-state index in [1.807, 2.05) is 0 Å².